The summed E-state index contributed by atoms with van der Waals surface area (Å²) in [5.74, 6) is -0.406. The molecule has 5 atom stereocenters. The maximum absolute atomic E-state index is 14.9. The van der Waals surface area contributed by atoms with E-state index in [2.05, 4.69) is 6.92 Å². The molecule has 31 heavy (non-hydrogen) atoms. The van der Waals surface area contributed by atoms with E-state index in [1.54, 1.807) is 16.8 Å². The summed E-state index contributed by atoms with van der Waals surface area (Å²) in [7, 11) is 0. The van der Waals surface area contributed by atoms with E-state index in [4.69, 9.17) is 4.74 Å². The molecule has 1 fully saturated rings. The first-order valence-electron chi connectivity index (χ1n) is 10.2. The predicted octanol–water partition coefficient (Wildman–Crippen LogP) is 2.77. The van der Waals surface area contributed by atoms with Gasteiger partial charge < -0.3 is 29.7 Å². The van der Waals surface area contributed by atoms with E-state index in [-0.39, 0.29) is 0 Å². The van der Waals surface area contributed by atoms with Crippen molar-refractivity contribution in [2.45, 2.75) is 60.7 Å². The molecule has 1 saturated heterocycles. The van der Waals surface area contributed by atoms with Crippen molar-refractivity contribution >= 4 is 22.7 Å². The Morgan fingerprint density at radius 2 is 1.74 bits per heavy atom. The number of aliphatic hydroxyl groups excluding tert-OH is 4. The van der Waals surface area contributed by atoms with Crippen LogP contribution in [0.2, 0.25) is 0 Å². The van der Waals surface area contributed by atoms with Gasteiger partial charge in [-0.15, -0.1) is 0 Å². The highest BCUT2D eigenvalue weighted by Crippen LogP contribution is 2.41. The molecule has 0 saturated carbocycles. The van der Waals surface area contributed by atoms with E-state index in [0.717, 1.165) is 16.9 Å². The first kappa shape index (κ1) is 22.3. The first-order valence-corrected chi connectivity index (χ1v) is 11.0. The molecule has 0 bridgehead atoms. The van der Waals surface area contributed by atoms with Crippen molar-refractivity contribution in [3.05, 3.63) is 59.5 Å². The number of benzene rings is 2. The van der Waals surface area contributed by atoms with Crippen LogP contribution in [0.15, 0.2) is 52.4 Å². The highest BCUT2D eigenvalue weighted by atomic mass is 32.2. The Kier molecular flexibility index (Phi) is 6.39. The third-order valence-corrected chi connectivity index (χ3v) is 6.83. The van der Waals surface area contributed by atoms with Crippen molar-refractivity contribution in [2.75, 3.05) is 6.61 Å². The fourth-order valence-electron chi connectivity index (χ4n) is 4.00. The van der Waals surface area contributed by atoms with Crippen molar-refractivity contribution in [2.24, 2.45) is 0 Å². The molecular formula is C23H26FNO5S. The SMILES string of the molecule is CCc1ccc(Sc2cn([C@@H]3O[C@H](CO)[C@@H](O)[C@H](O)[C@H]3O)c3c(C)ccc(F)c23)cc1. The number of halogens is 1. The zero-order chi connectivity index (χ0) is 22.3. The van der Waals surface area contributed by atoms with Gasteiger partial charge in [-0.1, -0.05) is 36.9 Å². The van der Waals surface area contributed by atoms with Gasteiger partial charge in [0, 0.05) is 21.4 Å². The number of rotatable bonds is 5. The highest BCUT2D eigenvalue weighted by molar-refractivity contribution is 7.99. The van der Waals surface area contributed by atoms with Crippen LogP contribution in [0.4, 0.5) is 4.39 Å². The third-order valence-electron chi connectivity index (χ3n) is 5.79. The Morgan fingerprint density at radius 3 is 2.39 bits per heavy atom. The molecule has 3 aromatic rings. The van der Waals surface area contributed by atoms with Gasteiger partial charge >= 0.3 is 0 Å². The molecule has 0 radical (unpaired) electrons. The van der Waals surface area contributed by atoms with Gasteiger partial charge in [-0.2, -0.15) is 0 Å². The van der Waals surface area contributed by atoms with Crippen LogP contribution in [-0.2, 0) is 11.2 Å². The van der Waals surface area contributed by atoms with Crippen LogP contribution in [-0.4, -0.2) is 56.0 Å². The highest BCUT2D eigenvalue weighted by Gasteiger charge is 2.44. The molecule has 0 aliphatic carbocycles. The van der Waals surface area contributed by atoms with Crippen molar-refractivity contribution < 1.29 is 29.6 Å². The van der Waals surface area contributed by atoms with Gasteiger partial charge in [0.15, 0.2) is 6.23 Å². The smallest absolute Gasteiger partial charge is 0.163 e. The minimum Gasteiger partial charge on any atom is -0.394 e. The zero-order valence-corrected chi connectivity index (χ0v) is 18.1. The summed E-state index contributed by atoms with van der Waals surface area (Å²) in [5, 5.41) is 40.9. The Hall–Kier alpha value is -1.94. The molecule has 4 N–H and O–H groups in total. The lowest BCUT2D eigenvalue weighted by Gasteiger charge is -2.40. The number of hydrogen-bond acceptors (Lipinski definition) is 6. The largest absolute Gasteiger partial charge is 0.394 e. The van der Waals surface area contributed by atoms with E-state index in [1.807, 2.05) is 31.2 Å². The fourth-order valence-corrected chi connectivity index (χ4v) is 4.99. The van der Waals surface area contributed by atoms with Gasteiger partial charge in [-0.3, -0.25) is 0 Å². The monoisotopic (exact) mass is 447 g/mol. The molecule has 2 heterocycles. The van der Waals surface area contributed by atoms with E-state index in [9.17, 15) is 24.8 Å². The van der Waals surface area contributed by atoms with Gasteiger partial charge in [0.25, 0.3) is 0 Å². The van der Waals surface area contributed by atoms with Gasteiger partial charge in [0.2, 0.25) is 0 Å². The lowest BCUT2D eigenvalue weighted by atomic mass is 9.98. The van der Waals surface area contributed by atoms with E-state index < -0.39 is 43.1 Å². The van der Waals surface area contributed by atoms with Crippen molar-refractivity contribution in [3.8, 4) is 0 Å². The van der Waals surface area contributed by atoms with Gasteiger partial charge in [0.1, 0.15) is 30.2 Å². The van der Waals surface area contributed by atoms with Crippen LogP contribution >= 0.6 is 11.8 Å². The summed E-state index contributed by atoms with van der Waals surface area (Å²) in [6.45, 7) is 3.38. The summed E-state index contributed by atoms with van der Waals surface area (Å²) >= 11 is 1.39. The lowest BCUT2D eigenvalue weighted by Crippen LogP contribution is -2.56. The van der Waals surface area contributed by atoms with E-state index in [1.165, 1.54) is 23.4 Å². The zero-order valence-electron chi connectivity index (χ0n) is 17.3. The average Bonchev–Trinajstić information content (AvgIpc) is 3.15. The Morgan fingerprint density at radius 1 is 1.03 bits per heavy atom. The summed E-state index contributed by atoms with van der Waals surface area (Å²) in [6.07, 6.45) is -3.97. The van der Waals surface area contributed by atoms with Gasteiger partial charge in [0.05, 0.1) is 12.1 Å². The van der Waals surface area contributed by atoms with Gasteiger partial charge in [-0.25, -0.2) is 4.39 Å². The summed E-state index contributed by atoms with van der Waals surface area (Å²) < 4.78 is 22.3. The maximum Gasteiger partial charge on any atom is 0.163 e. The Labute approximate surface area is 183 Å². The van der Waals surface area contributed by atoms with Crippen LogP contribution in [0.3, 0.4) is 0 Å². The van der Waals surface area contributed by atoms with Crippen molar-refractivity contribution in [1.29, 1.82) is 0 Å². The summed E-state index contributed by atoms with van der Waals surface area (Å²) in [6, 6.07) is 11.1. The van der Waals surface area contributed by atoms with Crippen molar-refractivity contribution in [1.82, 2.24) is 4.57 Å². The number of hydrogen-bond donors (Lipinski definition) is 4. The quantitative estimate of drug-likeness (QED) is 0.481. The van der Waals surface area contributed by atoms with E-state index >= 15 is 0 Å². The molecule has 1 aliphatic heterocycles. The number of aromatic nitrogens is 1. The predicted molar refractivity (Wildman–Crippen MR) is 116 cm³/mol. The number of aryl methyl sites for hydroxylation is 2. The molecule has 166 valence electrons. The lowest BCUT2D eigenvalue weighted by molar-refractivity contribution is -0.250. The normalized spacial score (nSPS) is 26.5. The number of aliphatic hydroxyl groups is 4. The van der Waals surface area contributed by atoms with Crippen LogP contribution in [0, 0.1) is 12.7 Å². The second-order valence-electron chi connectivity index (χ2n) is 7.81. The molecule has 8 heteroatoms. The van der Waals surface area contributed by atoms with Crippen LogP contribution in [0.1, 0.15) is 24.3 Å². The third kappa shape index (κ3) is 4.00. The molecule has 1 aromatic heterocycles. The minimum atomic E-state index is -1.51. The summed E-state index contributed by atoms with van der Waals surface area (Å²) in [4.78, 5) is 1.57. The standard InChI is InChI=1S/C23H26FNO5S/c1-3-13-5-7-14(8-6-13)31-17-10-25(19-12(2)4-9-15(24)18(17)19)23-22(29)21(28)20(27)16(11-26)30-23/h4-10,16,20-23,26-29H,3,11H2,1-2H3/t16-,20-,21+,22-,23-/m1/s1. The maximum atomic E-state index is 14.9. The fraction of sp³-hybridized carbons (Fsp3) is 0.391. The van der Waals surface area contributed by atoms with Gasteiger partial charge in [-0.05, 0) is 42.7 Å². The van der Waals surface area contributed by atoms with Crippen molar-refractivity contribution in [3.63, 3.8) is 0 Å². The Bertz CT molecular complexity index is 1070. The first-order chi connectivity index (χ1) is 14.8. The molecular weight excluding hydrogens is 421 g/mol. The molecule has 2 aromatic carbocycles. The van der Waals surface area contributed by atoms with Crippen LogP contribution in [0.5, 0.6) is 0 Å². The second kappa shape index (κ2) is 8.90. The molecule has 0 unspecified atom stereocenters. The van der Waals surface area contributed by atoms with Crippen LogP contribution in [0.25, 0.3) is 10.9 Å². The minimum absolute atomic E-state index is 0.390. The van der Waals surface area contributed by atoms with E-state index in [0.29, 0.717) is 15.8 Å². The number of fused-ring (bicyclic) bond motifs is 1. The molecule has 4 rings (SSSR count). The topological polar surface area (TPSA) is 95.1 Å². The summed E-state index contributed by atoms with van der Waals surface area (Å²) in [5.41, 5.74) is 2.49. The number of nitrogens with zero attached hydrogens (tertiary/aromatic N) is 1. The van der Waals surface area contributed by atoms with Crippen LogP contribution < -0.4 is 0 Å². The average molecular weight is 448 g/mol. The molecule has 1 aliphatic rings. The molecule has 6 nitrogen and oxygen atoms in total. The number of ether oxygens (including phenoxy) is 1. The second-order valence-corrected chi connectivity index (χ2v) is 8.92. The molecule has 0 amide bonds. The Balaban J connectivity index is 1.81. The molecule has 0 spiro atoms.